The number of nitrogens with two attached hydrogens (primary N) is 1. The zero-order valence-corrected chi connectivity index (χ0v) is 11.2. The van der Waals surface area contributed by atoms with E-state index in [2.05, 4.69) is 35.8 Å². The molecule has 18 heavy (non-hydrogen) atoms. The summed E-state index contributed by atoms with van der Waals surface area (Å²) >= 11 is 0. The van der Waals surface area contributed by atoms with Gasteiger partial charge in [0, 0.05) is 18.5 Å². The van der Waals surface area contributed by atoms with Gasteiger partial charge in [-0.05, 0) is 25.5 Å². The molecular formula is C14H20N4. The zero-order valence-electron chi connectivity index (χ0n) is 11.2. The second kappa shape index (κ2) is 5.21. The Morgan fingerprint density at radius 3 is 2.72 bits per heavy atom. The number of hydrogen-bond acceptors (Lipinski definition) is 4. The number of nitrogen functional groups attached to an aromatic ring is 1. The van der Waals surface area contributed by atoms with E-state index < -0.39 is 0 Å². The van der Waals surface area contributed by atoms with E-state index in [1.54, 1.807) is 0 Å². The van der Waals surface area contributed by atoms with Gasteiger partial charge in [0.2, 0.25) is 5.95 Å². The van der Waals surface area contributed by atoms with E-state index in [4.69, 9.17) is 5.73 Å². The van der Waals surface area contributed by atoms with Gasteiger partial charge in [-0.2, -0.15) is 4.98 Å². The lowest BCUT2D eigenvalue weighted by Crippen LogP contribution is -2.29. The number of aromatic nitrogens is 2. The minimum absolute atomic E-state index is 0.333. The van der Waals surface area contributed by atoms with Crippen molar-refractivity contribution in [3.05, 3.63) is 24.3 Å². The third-order valence-corrected chi connectivity index (χ3v) is 3.30. The van der Waals surface area contributed by atoms with Gasteiger partial charge in [-0.1, -0.05) is 25.5 Å². The van der Waals surface area contributed by atoms with Crippen LogP contribution in [0.15, 0.2) is 24.3 Å². The SMILES string of the molecule is CCCC(C)N(C)c1nc(N)nc2ccccc12. The van der Waals surface area contributed by atoms with Gasteiger partial charge < -0.3 is 10.6 Å². The maximum atomic E-state index is 5.79. The van der Waals surface area contributed by atoms with Crippen LogP contribution < -0.4 is 10.6 Å². The van der Waals surface area contributed by atoms with Crippen LogP contribution >= 0.6 is 0 Å². The van der Waals surface area contributed by atoms with Crippen molar-refractivity contribution in [1.29, 1.82) is 0 Å². The molecule has 0 aliphatic carbocycles. The summed E-state index contributed by atoms with van der Waals surface area (Å²) in [6.07, 6.45) is 2.29. The Hall–Kier alpha value is -1.84. The maximum Gasteiger partial charge on any atom is 0.222 e. The summed E-state index contributed by atoms with van der Waals surface area (Å²) in [5, 5.41) is 1.05. The van der Waals surface area contributed by atoms with Gasteiger partial charge in [-0.15, -0.1) is 0 Å². The molecule has 0 spiro atoms. The molecule has 0 fully saturated rings. The molecular weight excluding hydrogens is 224 g/mol. The molecule has 1 aromatic carbocycles. The molecule has 4 heteroatoms. The van der Waals surface area contributed by atoms with Crippen LogP contribution in [0, 0.1) is 0 Å². The topological polar surface area (TPSA) is 55.0 Å². The van der Waals surface area contributed by atoms with Gasteiger partial charge in [0.1, 0.15) is 5.82 Å². The van der Waals surface area contributed by atoms with Crippen molar-refractivity contribution in [2.45, 2.75) is 32.7 Å². The highest BCUT2D eigenvalue weighted by Gasteiger charge is 2.14. The normalized spacial score (nSPS) is 12.6. The number of hydrogen-bond donors (Lipinski definition) is 1. The van der Waals surface area contributed by atoms with Gasteiger partial charge in [0.25, 0.3) is 0 Å². The number of anilines is 2. The van der Waals surface area contributed by atoms with Gasteiger partial charge in [-0.25, -0.2) is 4.98 Å². The lowest BCUT2D eigenvalue weighted by molar-refractivity contribution is 0.613. The summed E-state index contributed by atoms with van der Waals surface area (Å²) in [5.41, 5.74) is 6.69. The lowest BCUT2D eigenvalue weighted by atomic mass is 10.1. The Morgan fingerprint density at radius 1 is 1.28 bits per heavy atom. The molecule has 4 nitrogen and oxygen atoms in total. The second-order valence-electron chi connectivity index (χ2n) is 4.67. The number of para-hydroxylation sites is 1. The fraction of sp³-hybridized carbons (Fsp3) is 0.429. The molecule has 0 saturated carbocycles. The second-order valence-corrected chi connectivity index (χ2v) is 4.67. The first-order valence-corrected chi connectivity index (χ1v) is 6.38. The number of fused-ring (bicyclic) bond motifs is 1. The predicted octanol–water partition coefficient (Wildman–Crippen LogP) is 2.84. The van der Waals surface area contributed by atoms with Crippen LogP contribution in [0.5, 0.6) is 0 Å². The Kier molecular flexibility index (Phi) is 3.65. The van der Waals surface area contributed by atoms with Crippen LogP contribution in [-0.4, -0.2) is 23.1 Å². The van der Waals surface area contributed by atoms with Crippen LogP contribution in [0.25, 0.3) is 10.9 Å². The molecule has 0 amide bonds. The molecule has 1 atom stereocenters. The van der Waals surface area contributed by atoms with Gasteiger partial charge >= 0.3 is 0 Å². The summed E-state index contributed by atoms with van der Waals surface area (Å²) < 4.78 is 0. The first-order chi connectivity index (χ1) is 8.63. The summed E-state index contributed by atoms with van der Waals surface area (Å²) in [6.45, 7) is 4.40. The lowest BCUT2D eigenvalue weighted by Gasteiger charge is -2.26. The minimum Gasteiger partial charge on any atom is -0.368 e. The van der Waals surface area contributed by atoms with Crippen LogP contribution in [0.1, 0.15) is 26.7 Å². The molecule has 2 rings (SSSR count). The third kappa shape index (κ3) is 2.37. The van der Waals surface area contributed by atoms with E-state index in [1.807, 2.05) is 24.3 Å². The average molecular weight is 244 g/mol. The van der Waals surface area contributed by atoms with Crippen molar-refractivity contribution in [2.75, 3.05) is 17.7 Å². The number of benzene rings is 1. The number of rotatable bonds is 4. The third-order valence-electron chi connectivity index (χ3n) is 3.30. The molecule has 1 unspecified atom stereocenters. The van der Waals surface area contributed by atoms with E-state index in [9.17, 15) is 0 Å². The van der Waals surface area contributed by atoms with Crippen molar-refractivity contribution in [2.24, 2.45) is 0 Å². The molecule has 1 heterocycles. The monoisotopic (exact) mass is 244 g/mol. The Labute approximate surface area is 108 Å². The number of nitrogens with zero attached hydrogens (tertiary/aromatic N) is 3. The summed E-state index contributed by atoms with van der Waals surface area (Å²) in [6, 6.07) is 8.42. The standard InChI is InChI=1S/C14H20N4/c1-4-7-10(2)18(3)13-11-8-5-6-9-12(11)16-14(15)17-13/h5-6,8-10H,4,7H2,1-3H3,(H2,15,16,17). The van der Waals surface area contributed by atoms with Crippen LogP contribution in [-0.2, 0) is 0 Å². The highest BCUT2D eigenvalue weighted by molar-refractivity contribution is 5.90. The zero-order chi connectivity index (χ0) is 13.1. The molecule has 0 radical (unpaired) electrons. The average Bonchev–Trinajstić information content (AvgIpc) is 2.37. The molecule has 0 bridgehead atoms. The van der Waals surface area contributed by atoms with E-state index in [-0.39, 0.29) is 0 Å². The fourth-order valence-corrected chi connectivity index (χ4v) is 2.17. The quantitative estimate of drug-likeness (QED) is 0.898. The van der Waals surface area contributed by atoms with Gasteiger partial charge in [0.15, 0.2) is 0 Å². The Balaban J connectivity index is 2.49. The van der Waals surface area contributed by atoms with E-state index in [1.165, 1.54) is 0 Å². The van der Waals surface area contributed by atoms with Gasteiger partial charge in [-0.3, -0.25) is 0 Å². The van der Waals surface area contributed by atoms with Crippen molar-refractivity contribution >= 4 is 22.7 Å². The maximum absolute atomic E-state index is 5.79. The molecule has 2 N–H and O–H groups in total. The highest BCUT2D eigenvalue weighted by atomic mass is 15.2. The first-order valence-electron chi connectivity index (χ1n) is 6.38. The van der Waals surface area contributed by atoms with E-state index in [0.29, 0.717) is 12.0 Å². The van der Waals surface area contributed by atoms with E-state index in [0.717, 1.165) is 29.6 Å². The van der Waals surface area contributed by atoms with Crippen LogP contribution in [0.4, 0.5) is 11.8 Å². The van der Waals surface area contributed by atoms with Crippen molar-refractivity contribution in [1.82, 2.24) is 9.97 Å². The van der Waals surface area contributed by atoms with Crippen LogP contribution in [0.3, 0.4) is 0 Å². The molecule has 2 aromatic rings. The minimum atomic E-state index is 0.333. The van der Waals surface area contributed by atoms with Crippen molar-refractivity contribution < 1.29 is 0 Å². The fourth-order valence-electron chi connectivity index (χ4n) is 2.17. The largest absolute Gasteiger partial charge is 0.368 e. The Bertz CT molecular complexity index is 538. The van der Waals surface area contributed by atoms with Crippen molar-refractivity contribution in [3.8, 4) is 0 Å². The van der Waals surface area contributed by atoms with Crippen LogP contribution in [0.2, 0.25) is 0 Å². The van der Waals surface area contributed by atoms with Gasteiger partial charge in [0.05, 0.1) is 5.52 Å². The summed E-state index contributed by atoms with van der Waals surface area (Å²) in [5.74, 6) is 1.25. The summed E-state index contributed by atoms with van der Waals surface area (Å²) in [4.78, 5) is 10.8. The van der Waals surface area contributed by atoms with Crippen molar-refractivity contribution in [3.63, 3.8) is 0 Å². The smallest absolute Gasteiger partial charge is 0.222 e. The molecule has 1 aromatic heterocycles. The molecule has 0 saturated heterocycles. The summed E-state index contributed by atoms with van der Waals surface area (Å²) in [7, 11) is 2.06. The molecule has 0 aliphatic rings. The Morgan fingerprint density at radius 2 is 2.00 bits per heavy atom. The highest BCUT2D eigenvalue weighted by Crippen LogP contribution is 2.25. The molecule has 0 aliphatic heterocycles. The molecule has 96 valence electrons. The predicted molar refractivity (Wildman–Crippen MR) is 76.7 cm³/mol. The first kappa shape index (κ1) is 12.6. The van der Waals surface area contributed by atoms with E-state index >= 15 is 0 Å².